The summed E-state index contributed by atoms with van der Waals surface area (Å²) in [5.41, 5.74) is 0.878. The SMILES string of the molecule is O=C(Cn1cc(C2CC2)nn1)N1C[C@H]2CCC[C@@]2(c2nc(CC3CC3)no2)C1. The molecule has 3 aliphatic carbocycles. The summed E-state index contributed by atoms with van der Waals surface area (Å²) in [7, 11) is 0. The van der Waals surface area contributed by atoms with E-state index in [0.29, 0.717) is 18.4 Å². The maximum Gasteiger partial charge on any atom is 0.244 e. The molecule has 1 amide bonds. The number of carbonyl (C=O) groups is 1. The van der Waals surface area contributed by atoms with E-state index < -0.39 is 0 Å². The number of rotatable bonds is 6. The van der Waals surface area contributed by atoms with Crippen molar-refractivity contribution in [3.05, 3.63) is 23.6 Å². The van der Waals surface area contributed by atoms with Gasteiger partial charge in [0.15, 0.2) is 5.82 Å². The zero-order chi connectivity index (χ0) is 18.7. The Morgan fingerprint density at radius 2 is 2.14 bits per heavy atom. The second kappa shape index (κ2) is 6.12. The number of carbonyl (C=O) groups excluding carboxylic acids is 1. The molecule has 3 saturated carbocycles. The number of amides is 1. The van der Waals surface area contributed by atoms with Gasteiger partial charge in [-0.15, -0.1) is 5.10 Å². The molecule has 148 valence electrons. The maximum absolute atomic E-state index is 12.9. The fourth-order valence-electron chi connectivity index (χ4n) is 5.14. The van der Waals surface area contributed by atoms with Gasteiger partial charge in [0.05, 0.1) is 11.1 Å². The van der Waals surface area contributed by atoms with Crippen molar-refractivity contribution in [1.82, 2.24) is 30.0 Å². The first-order valence-corrected chi connectivity index (χ1v) is 10.7. The molecule has 2 aromatic rings. The average molecular weight is 382 g/mol. The van der Waals surface area contributed by atoms with Gasteiger partial charge in [-0.1, -0.05) is 16.8 Å². The molecule has 6 rings (SSSR count). The topological polar surface area (TPSA) is 89.9 Å². The maximum atomic E-state index is 12.9. The zero-order valence-corrected chi connectivity index (χ0v) is 16.1. The molecule has 0 bridgehead atoms. The standard InChI is InChI=1S/C20H26N6O2/c27-18(11-26-10-16(22-24-26)14-5-6-14)25-9-15-2-1-7-20(15,12-25)19-21-17(23-28-19)8-13-3-4-13/h10,13-15H,1-9,11-12H2/t15-,20-/m1/s1. The highest BCUT2D eigenvalue weighted by Gasteiger charge is 2.55. The van der Waals surface area contributed by atoms with Crippen LogP contribution in [-0.2, 0) is 23.2 Å². The van der Waals surface area contributed by atoms with Crippen molar-refractivity contribution in [3.63, 3.8) is 0 Å². The molecule has 0 aromatic carbocycles. The van der Waals surface area contributed by atoms with E-state index in [9.17, 15) is 4.79 Å². The van der Waals surface area contributed by atoms with Crippen LogP contribution in [0.25, 0.3) is 0 Å². The van der Waals surface area contributed by atoms with Gasteiger partial charge in [-0.05, 0) is 50.4 Å². The third-order valence-corrected chi connectivity index (χ3v) is 7.13. The molecule has 2 aromatic heterocycles. The summed E-state index contributed by atoms with van der Waals surface area (Å²) in [6.45, 7) is 1.73. The molecule has 1 aliphatic heterocycles. The van der Waals surface area contributed by atoms with Crippen LogP contribution in [0.1, 0.15) is 68.3 Å². The highest BCUT2D eigenvalue weighted by atomic mass is 16.5. The first-order valence-electron chi connectivity index (χ1n) is 10.7. The number of fused-ring (bicyclic) bond motifs is 1. The summed E-state index contributed by atoms with van der Waals surface area (Å²) in [5, 5.41) is 12.6. The van der Waals surface area contributed by atoms with Crippen LogP contribution in [0.4, 0.5) is 0 Å². The molecule has 8 heteroatoms. The van der Waals surface area contributed by atoms with Crippen LogP contribution in [0.5, 0.6) is 0 Å². The second-order valence-electron chi connectivity index (χ2n) is 9.30. The smallest absolute Gasteiger partial charge is 0.244 e. The summed E-state index contributed by atoms with van der Waals surface area (Å²) >= 11 is 0. The van der Waals surface area contributed by atoms with E-state index in [1.54, 1.807) is 4.68 Å². The molecule has 0 radical (unpaired) electrons. The minimum absolute atomic E-state index is 0.110. The Hall–Kier alpha value is -2.25. The van der Waals surface area contributed by atoms with Gasteiger partial charge in [0.25, 0.3) is 0 Å². The van der Waals surface area contributed by atoms with E-state index in [1.807, 2.05) is 11.1 Å². The Bertz CT molecular complexity index is 898. The quantitative estimate of drug-likeness (QED) is 0.760. The van der Waals surface area contributed by atoms with E-state index in [4.69, 9.17) is 9.51 Å². The lowest BCUT2D eigenvalue weighted by molar-refractivity contribution is -0.131. The monoisotopic (exact) mass is 382 g/mol. The summed E-state index contributed by atoms with van der Waals surface area (Å²) in [5.74, 6) is 3.44. The van der Waals surface area contributed by atoms with E-state index in [-0.39, 0.29) is 17.9 Å². The largest absolute Gasteiger partial charge is 0.340 e. The van der Waals surface area contributed by atoms with Crippen LogP contribution in [0.3, 0.4) is 0 Å². The molecule has 0 spiro atoms. The van der Waals surface area contributed by atoms with Crippen LogP contribution >= 0.6 is 0 Å². The van der Waals surface area contributed by atoms with E-state index in [2.05, 4.69) is 15.5 Å². The molecule has 2 atom stereocenters. The summed E-state index contributed by atoms with van der Waals surface area (Å²) in [6.07, 6.45) is 11.1. The van der Waals surface area contributed by atoms with Gasteiger partial charge in [-0.2, -0.15) is 4.98 Å². The number of nitrogens with zero attached hydrogens (tertiary/aromatic N) is 6. The lowest BCUT2D eigenvalue weighted by atomic mass is 9.80. The predicted molar refractivity (Wildman–Crippen MR) is 98.3 cm³/mol. The van der Waals surface area contributed by atoms with Crippen molar-refractivity contribution in [3.8, 4) is 0 Å². The number of likely N-dealkylation sites (tertiary alicyclic amines) is 1. The van der Waals surface area contributed by atoms with Crippen molar-refractivity contribution in [1.29, 1.82) is 0 Å². The Labute approximate surface area is 163 Å². The van der Waals surface area contributed by atoms with Gasteiger partial charge in [-0.3, -0.25) is 4.79 Å². The van der Waals surface area contributed by atoms with Crippen molar-refractivity contribution >= 4 is 5.91 Å². The Morgan fingerprint density at radius 1 is 1.25 bits per heavy atom. The average Bonchev–Trinajstić information content (AvgIpc) is 3.47. The number of hydrogen-bond donors (Lipinski definition) is 0. The molecule has 1 saturated heterocycles. The van der Waals surface area contributed by atoms with Gasteiger partial charge in [0.2, 0.25) is 11.8 Å². The van der Waals surface area contributed by atoms with Crippen LogP contribution < -0.4 is 0 Å². The molecular weight excluding hydrogens is 356 g/mol. The first kappa shape index (κ1) is 16.7. The Morgan fingerprint density at radius 3 is 2.96 bits per heavy atom. The highest BCUT2D eigenvalue weighted by molar-refractivity contribution is 5.76. The van der Waals surface area contributed by atoms with E-state index in [0.717, 1.165) is 49.1 Å². The molecule has 4 fully saturated rings. The van der Waals surface area contributed by atoms with Gasteiger partial charge in [-0.25, -0.2) is 4.68 Å². The highest BCUT2D eigenvalue weighted by Crippen LogP contribution is 2.50. The lowest BCUT2D eigenvalue weighted by Gasteiger charge is -2.24. The van der Waals surface area contributed by atoms with Crippen LogP contribution in [0.15, 0.2) is 10.7 Å². The van der Waals surface area contributed by atoms with Gasteiger partial charge < -0.3 is 9.42 Å². The minimum atomic E-state index is -0.147. The zero-order valence-electron chi connectivity index (χ0n) is 16.1. The van der Waals surface area contributed by atoms with E-state index in [1.165, 1.54) is 32.1 Å². The lowest BCUT2D eigenvalue weighted by Crippen LogP contribution is -2.36. The van der Waals surface area contributed by atoms with Crippen LogP contribution in [0, 0.1) is 11.8 Å². The van der Waals surface area contributed by atoms with Gasteiger partial charge >= 0.3 is 0 Å². The molecule has 4 aliphatic rings. The fourth-order valence-corrected chi connectivity index (χ4v) is 5.14. The normalized spacial score (nSPS) is 29.4. The van der Waals surface area contributed by atoms with Crippen molar-refractivity contribution in [2.24, 2.45) is 11.8 Å². The van der Waals surface area contributed by atoms with Crippen LogP contribution in [0.2, 0.25) is 0 Å². The molecule has 8 nitrogen and oxygen atoms in total. The first-order chi connectivity index (χ1) is 13.7. The van der Waals surface area contributed by atoms with Crippen LogP contribution in [-0.4, -0.2) is 49.0 Å². The van der Waals surface area contributed by atoms with Crippen molar-refractivity contribution < 1.29 is 9.32 Å². The summed E-state index contributed by atoms with van der Waals surface area (Å²) in [4.78, 5) is 19.7. The van der Waals surface area contributed by atoms with E-state index >= 15 is 0 Å². The summed E-state index contributed by atoms with van der Waals surface area (Å²) in [6, 6.07) is 0. The Kier molecular flexibility index (Phi) is 3.65. The molecule has 3 heterocycles. The molecule has 28 heavy (non-hydrogen) atoms. The summed E-state index contributed by atoms with van der Waals surface area (Å²) < 4.78 is 7.43. The molecule has 0 unspecified atom stereocenters. The second-order valence-corrected chi connectivity index (χ2v) is 9.30. The van der Waals surface area contributed by atoms with Crippen molar-refractivity contribution in [2.45, 2.75) is 69.2 Å². The Balaban J connectivity index is 1.17. The fraction of sp³-hybridized carbons (Fsp3) is 0.750. The number of aromatic nitrogens is 5. The van der Waals surface area contributed by atoms with Gasteiger partial charge in [0.1, 0.15) is 6.54 Å². The predicted octanol–water partition coefficient (Wildman–Crippen LogP) is 2.07. The molecular formula is C20H26N6O2. The number of hydrogen-bond acceptors (Lipinski definition) is 6. The van der Waals surface area contributed by atoms with Gasteiger partial charge in [0, 0.05) is 31.6 Å². The third kappa shape index (κ3) is 2.84. The molecule has 0 N–H and O–H groups in total. The third-order valence-electron chi connectivity index (χ3n) is 7.13. The minimum Gasteiger partial charge on any atom is -0.340 e. The van der Waals surface area contributed by atoms with Crippen molar-refractivity contribution in [2.75, 3.05) is 13.1 Å².